The van der Waals surface area contributed by atoms with Crippen LogP contribution in [0.25, 0.3) is 10.8 Å². The molecule has 42 heavy (non-hydrogen) atoms. The molecule has 4 aromatic rings. The minimum atomic E-state index is -1.77. The molecule has 0 spiro atoms. The minimum Gasteiger partial charge on any atom is -0.517 e. The molecule has 1 atom stereocenters. The number of nitrogens with zero attached hydrogens (tertiary/aromatic N) is 1. The Kier molecular flexibility index (Phi) is 11.0. The number of ether oxygens (including phenoxy) is 1. The fourth-order valence-electron chi connectivity index (χ4n) is 6.11. The molecule has 1 fully saturated rings. The second-order valence-electron chi connectivity index (χ2n) is 12.1. The van der Waals surface area contributed by atoms with Crippen LogP contribution in [0.4, 0.5) is 5.69 Å². The van der Waals surface area contributed by atoms with Gasteiger partial charge in [0.15, 0.2) is 0 Å². The monoisotopic (exact) mass is 690 g/mol. The van der Waals surface area contributed by atoms with Gasteiger partial charge in [0.25, 0.3) is 0 Å². The van der Waals surface area contributed by atoms with E-state index in [0.717, 1.165) is 30.6 Å². The molecule has 1 saturated heterocycles. The van der Waals surface area contributed by atoms with Crippen molar-refractivity contribution in [3.8, 4) is 5.75 Å². The normalized spacial score (nSPS) is 18.0. The van der Waals surface area contributed by atoms with Crippen molar-refractivity contribution < 1.29 is 18.3 Å². The molecular formula is C37H44Cl2NORu-. The summed E-state index contributed by atoms with van der Waals surface area (Å²) < 4.78 is 7.51. The molecule has 1 heterocycles. The number of aryl methyl sites for hydroxylation is 2. The van der Waals surface area contributed by atoms with Crippen molar-refractivity contribution in [2.45, 2.75) is 84.8 Å². The van der Waals surface area contributed by atoms with Crippen molar-refractivity contribution in [3.05, 3.63) is 114 Å². The van der Waals surface area contributed by atoms with Gasteiger partial charge < -0.3 is 4.90 Å². The van der Waals surface area contributed by atoms with Crippen LogP contribution < -0.4 is 9.64 Å². The van der Waals surface area contributed by atoms with Gasteiger partial charge in [-0.05, 0) is 55.0 Å². The molecule has 1 aliphatic rings. The van der Waals surface area contributed by atoms with E-state index >= 15 is 0 Å². The van der Waals surface area contributed by atoms with Gasteiger partial charge >= 0.3 is 97.8 Å². The third-order valence-corrected chi connectivity index (χ3v) is 9.78. The third-order valence-electron chi connectivity index (χ3n) is 7.95. The second-order valence-corrected chi connectivity index (χ2v) is 17.8. The average molecular weight is 691 g/mol. The van der Waals surface area contributed by atoms with Gasteiger partial charge in [-0.2, -0.15) is 0 Å². The summed E-state index contributed by atoms with van der Waals surface area (Å²) in [5, 5.41) is 2.64. The molecule has 0 aromatic heterocycles. The summed E-state index contributed by atoms with van der Waals surface area (Å²) in [7, 11) is 11.6. The first-order valence-electron chi connectivity index (χ1n) is 14.8. The Morgan fingerprint density at radius 2 is 1.48 bits per heavy atom. The Morgan fingerprint density at radius 3 is 2.10 bits per heavy atom. The Labute approximate surface area is 266 Å². The van der Waals surface area contributed by atoms with Crippen LogP contribution in [0.15, 0.2) is 84.9 Å². The van der Waals surface area contributed by atoms with Gasteiger partial charge in [-0.25, -0.2) is 6.54 Å². The fraction of sp³-hybridized carbons (Fsp3) is 0.351. The number of hydrogen-bond donors (Lipinski definition) is 0. The third kappa shape index (κ3) is 7.66. The van der Waals surface area contributed by atoms with Gasteiger partial charge in [0.2, 0.25) is 0 Å². The SMILES string of the molecule is CC(C)Oc1ccccc1[CH]=[Ru]([Cl])[Cl].CCc1cccc(CC)c1N1[CH-]C(C)(c2ccc3ccccc3c2)CC1(C)C. The van der Waals surface area contributed by atoms with Crippen LogP contribution in [-0.4, -0.2) is 16.3 Å². The summed E-state index contributed by atoms with van der Waals surface area (Å²) in [6.45, 7) is 18.2. The number of benzene rings is 4. The van der Waals surface area contributed by atoms with Gasteiger partial charge in [-0.15, -0.1) is 5.41 Å². The maximum Gasteiger partial charge on any atom is 0.0140 e. The molecule has 0 amide bonds. The van der Waals surface area contributed by atoms with E-state index in [1.807, 2.05) is 42.7 Å². The van der Waals surface area contributed by atoms with Gasteiger partial charge in [-0.3, -0.25) is 0 Å². The molecule has 0 aliphatic carbocycles. The van der Waals surface area contributed by atoms with Crippen LogP contribution in [0.5, 0.6) is 5.75 Å². The molecule has 5 heteroatoms. The zero-order valence-electron chi connectivity index (χ0n) is 25.9. The molecule has 2 nitrogen and oxygen atoms in total. The molecule has 0 N–H and O–H groups in total. The van der Waals surface area contributed by atoms with Crippen LogP contribution in [0.2, 0.25) is 0 Å². The van der Waals surface area contributed by atoms with Crippen LogP contribution in [0.3, 0.4) is 0 Å². The summed E-state index contributed by atoms with van der Waals surface area (Å²) in [6, 6.07) is 30.2. The molecule has 4 aromatic carbocycles. The van der Waals surface area contributed by atoms with E-state index < -0.39 is 13.5 Å². The van der Waals surface area contributed by atoms with Crippen LogP contribution in [0.1, 0.15) is 77.1 Å². The zero-order chi connectivity index (χ0) is 30.5. The van der Waals surface area contributed by atoms with E-state index in [0.29, 0.717) is 0 Å². The summed E-state index contributed by atoms with van der Waals surface area (Å²) in [5.41, 5.74) is 6.84. The molecule has 1 aliphatic heterocycles. The number of anilines is 1. The van der Waals surface area contributed by atoms with E-state index in [-0.39, 0.29) is 17.1 Å². The smallest absolute Gasteiger partial charge is 0.0140 e. The van der Waals surface area contributed by atoms with Crippen molar-refractivity contribution in [3.63, 3.8) is 0 Å². The van der Waals surface area contributed by atoms with E-state index in [9.17, 15) is 0 Å². The van der Waals surface area contributed by atoms with Gasteiger partial charge in [-0.1, -0.05) is 87.0 Å². The first-order valence-corrected chi connectivity index (χ1v) is 20.3. The van der Waals surface area contributed by atoms with Gasteiger partial charge in [0.05, 0.1) is 0 Å². The van der Waals surface area contributed by atoms with Gasteiger partial charge in [0.1, 0.15) is 0 Å². The van der Waals surface area contributed by atoms with Gasteiger partial charge in [0, 0.05) is 11.2 Å². The van der Waals surface area contributed by atoms with Crippen molar-refractivity contribution >= 4 is 40.5 Å². The summed E-state index contributed by atoms with van der Waals surface area (Å²) in [5.74, 6) is 0.850. The predicted molar refractivity (Wildman–Crippen MR) is 181 cm³/mol. The molecule has 1 unspecified atom stereocenters. The first-order chi connectivity index (χ1) is 20.0. The second kappa shape index (κ2) is 14.1. The molecule has 0 bridgehead atoms. The standard InChI is InChI=1S/C27H32N.C10H12O.2ClH.Ru/c1-6-20-13-10-14-21(7-2)25(20)28-19-27(5,18-26(28,3)4)24-16-15-22-11-8-9-12-23(22)17-24;1-8(2)11-10-7-5-4-6-9(10)3;;;/h8-17,19H,6-7,18H2,1-5H3;3-8H,1-2H3;2*1H;/q-1;;;;+2/p-2. The Balaban J connectivity index is 0.000000244. The van der Waals surface area contributed by atoms with E-state index in [2.05, 4.69) is 107 Å². The van der Waals surface area contributed by atoms with Crippen LogP contribution in [0, 0.1) is 6.54 Å². The maximum atomic E-state index is 5.82. The van der Waals surface area contributed by atoms with Crippen molar-refractivity contribution in [1.29, 1.82) is 0 Å². The van der Waals surface area contributed by atoms with E-state index in [1.54, 1.807) is 0 Å². The van der Waals surface area contributed by atoms with Crippen LogP contribution >= 0.6 is 19.4 Å². The van der Waals surface area contributed by atoms with E-state index in [1.165, 1.54) is 33.2 Å². The molecule has 0 saturated carbocycles. The molecule has 5 rings (SSSR count). The maximum absolute atomic E-state index is 5.82. The van der Waals surface area contributed by atoms with Crippen molar-refractivity contribution in [2.24, 2.45) is 0 Å². The van der Waals surface area contributed by atoms with E-state index in [4.69, 9.17) is 24.1 Å². The zero-order valence-corrected chi connectivity index (χ0v) is 29.2. The predicted octanol–water partition coefficient (Wildman–Crippen LogP) is 10.6. The molecule has 226 valence electrons. The Hall–Kier alpha value is -2.19. The number of fused-ring (bicyclic) bond motifs is 1. The summed E-state index contributed by atoms with van der Waals surface area (Å²) in [6.07, 6.45) is 3.40. The Bertz CT molecular complexity index is 1520. The quantitative estimate of drug-likeness (QED) is 0.141. The topological polar surface area (TPSA) is 12.5 Å². The van der Waals surface area contributed by atoms with Crippen molar-refractivity contribution in [2.75, 3.05) is 4.90 Å². The molecular weight excluding hydrogens is 646 g/mol. The number of halogens is 2. The first kappa shape index (κ1) is 32.7. The Morgan fingerprint density at radius 1 is 0.857 bits per heavy atom. The summed E-state index contributed by atoms with van der Waals surface area (Å²) in [4.78, 5) is 2.58. The minimum absolute atomic E-state index is 0.0272. The molecule has 0 radical (unpaired) electrons. The largest absolute Gasteiger partial charge is 0.517 e. The number of rotatable bonds is 7. The van der Waals surface area contributed by atoms with Crippen LogP contribution in [-0.2, 0) is 31.8 Å². The summed E-state index contributed by atoms with van der Waals surface area (Å²) >= 11 is -1.77. The number of hydrogen-bond acceptors (Lipinski definition) is 2. The number of para-hydroxylation sites is 2. The fourth-order valence-corrected chi connectivity index (χ4v) is 7.92. The van der Waals surface area contributed by atoms with Crippen molar-refractivity contribution in [1.82, 2.24) is 0 Å². The average Bonchev–Trinajstić information content (AvgIpc) is 3.22.